The number of piperidine rings is 1. The summed E-state index contributed by atoms with van der Waals surface area (Å²) < 4.78 is 38.7. The summed E-state index contributed by atoms with van der Waals surface area (Å²) in [5.74, 6) is 0.319. The molecule has 1 aliphatic heterocycles. The molecule has 0 amide bonds. The summed E-state index contributed by atoms with van der Waals surface area (Å²) in [6, 6.07) is 11.3. The van der Waals surface area contributed by atoms with Gasteiger partial charge in [-0.15, -0.1) is 0 Å². The number of aliphatic hydroxyl groups excluding tert-OH is 1. The molecule has 2 aromatic rings. The Morgan fingerprint density at radius 2 is 1.77 bits per heavy atom. The standard InChI is InChI=1S/C19H20F3N3O/c20-19(21,22)14-6-3-7-15(24-14)25-10-8-18(9-11-25)13-5-2-1-4-12(13)16(23)17(18)26/h1-7,16-17,26H,8-11,23H2/t16-,17+/m1/s1. The lowest BCUT2D eigenvalue weighted by atomic mass is 9.72. The maximum absolute atomic E-state index is 12.9. The summed E-state index contributed by atoms with van der Waals surface area (Å²) in [4.78, 5) is 5.62. The van der Waals surface area contributed by atoms with Gasteiger partial charge in [-0.25, -0.2) is 4.98 Å². The van der Waals surface area contributed by atoms with Crippen LogP contribution in [0, 0.1) is 0 Å². The molecule has 4 rings (SSSR count). The number of anilines is 1. The molecule has 2 aliphatic rings. The highest BCUT2D eigenvalue weighted by molar-refractivity contribution is 5.48. The van der Waals surface area contributed by atoms with Crippen LogP contribution in [0.1, 0.15) is 35.7 Å². The molecule has 26 heavy (non-hydrogen) atoms. The van der Waals surface area contributed by atoms with Crippen LogP contribution in [0.25, 0.3) is 0 Å². The van der Waals surface area contributed by atoms with E-state index in [0.29, 0.717) is 31.7 Å². The number of benzene rings is 1. The minimum Gasteiger partial charge on any atom is -0.390 e. The molecule has 1 aliphatic carbocycles. The molecule has 0 saturated carbocycles. The van der Waals surface area contributed by atoms with Gasteiger partial charge in [0.15, 0.2) is 0 Å². The molecule has 1 spiro atoms. The fourth-order valence-electron chi connectivity index (χ4n) is 4.37. The van der Waals surface area contributed by atoms with Gasteiger partial charge in [0.2, 0.25) is 0 Å². The number of rotatable bonds is 1. The fourth-order valence-corrected chi connectivity index (χ4v) is 4.37. The zero-order chi connectivity index (χ0) is 18.5. The number of aromatic nitrogens is 1. The largest absolute Gasteiger partial charge is 0.433 e. The summed E-state index contributed by atoms with van der Waals surface area (Å²) >= 11 is 0. The number of fused-ring (bicyclic) bond motifs is 2. The predicted octanol–water partition coefficient (Wildman–Crippen LogP) is 3.01. The normalized spacial score (nSPS) is 24.7. The van der Waals surface area contributed by atoms with Crippen molar-refractivity contribution in [2.24, 2.45) is 5.73 Å². The third kappa shape index (κ3) is 2.57. The third-order valence-corrected chi connectivity index (χ3v) is 5.77. The number of alkyl halides is 3. The molecule has 0 radical (unpaired) electrons. The molecule has 1 saturated heterocycles. The predicted molar refractivity (Wildman–Crippen MR) is 91.7 cm³/mol. The lowest BCUT2D eigenvalue weighted by Crippen LogP contribution is -2.49. The van der Waals surface area contributed by atoms with E-state index in [9.17, 15) is 18.3 Å². The lowest BCUT2D eigenvalue weighted by molar-refractivity contribution is -0.141. The van der Waals surface area contributed by atoms with Crippen LogP contribution in [0.3, 0.4) is 0 Å². The van der Waals surface area contributed by atoms with Crippen molar-refractivity contribution in [3.63, 3.8) is 0 Å². The smallest absolute Gasteiger partial charge is 0.390 e. The van der Waals surface area contributed by atoms with Gasteiger partial charge in [-0.2, -0.15) is 13.2 Å². The monoisotopic (exact) mass is 363 g/mol. The number of nitrogens with zero attached hydrogens (tertiary/aromatic N) is 2. The first-order chi connectivity index (χ1) is 12.3. The van der Waals surface area contributed by atoms with Crippen molar-refractivity contribution in [1.82, 2.24) is 4.98 Å². The summed E-state index contributed by atoms with van der Waals surface area (Å²) in [5, 5.41) is 10.8. The Labute approximate surface area is 149 Å². The van der Waals surface area contributed by atoms with Crippen molar-refractivity contribution in [1.29, 1.82) is 0 Å². The Kier molecular flexibility index (Phi) is 3.96. The van der Waals surface area contributed by atoms with E-state index in [2.05, 4.69) is 4.98 Å². The van der Waals surface area contributed by atoms with Gasteiger partial charge >= 0.3 is 6.18 Å². The van der Waals surface area contributed by atoms with Gasteiger partial charge in [0.1, 0.15) is 11.5 Å². The van der Waals surface area contributed by atoms with Crippen LogP contribution < -0.4 is 10.6 Å². The average molecular weight is 363 g/mol. The van der Waals surface area contributed by atoms with Crippen molar-refractivity contribution in [3.8, 4) is 0 Å². The van der Waals surface area contributed by atoms with E-state index < -0.39 is 29.4 Å². The van der Waals surface area contributed by atoms with Gasteiger partial charge in [-0.05, 0) is 36.1 Å². The second-order valence-corrected chi connectivity index (χ2v) is 7.08. The first kappa shape index (κ1) is 17.3. The SMILES string of the molecule is N[C@@H]1c2ccccc2C2(CCN(c3cccc(C(F)(F)F)n3)CC2)[C@H]1O. The highest BCUT2D eigenvalue weighted by atomic mass is 19.4. The molecule has 3 N–H and O–H groups in total. The maximum Gasteiger partial charge on any atom is 0.433 e. The molecule has 0 bridgehead atoms. The molecular formula is C19H20F3N3O. The van der Waals surface area contributed by atoms with Crippen LogP contribution in [-0.2, 0) is 11.6 Å². The zero-order valence-corrected chi connectivity index (χ0v) is 14.1. The summed E-state index contributed by atoms with van der Waals surface area (Å²) in [5.41, 5.74) is 6.92. The second-order valence-electron chi connectivity index (χ2n) is 7.08. The van der Waals surface area contributed by atoms with Gasteiger partial charge in [0.25, 0.3) is 0 Å². The van der Waals surface area contributed by atoms with Gasteiger partial charge in [-0.1, -0.05) is 30.3 Å². The van der Waals surface area contributed by atoms with E-state index in [-0.39, 0.29) is 0 Å². The fraction of sp³-hybridized carbons (Fsp3) is 0.421. The van der Waals surface area contributed by atoms with Gasteiger partial charge in [0, 0.05) is 18.5 Å². The van der Waals surface area contributed by atoms with E-state index in [0.717, 1.165) is 17.2 Å². The summed E-state index contributed by atoms with van der Waals surface area (Å²) in [6.07, 6.45) is -3.90. The Balaban J connectivity index is 1.59. The van der Waals surface area contributed by atoms with E-state index in [1.54, 1.807) is 6.07 Å². The number of nitrogens with two attached hydrogens (primary N) is 1. The van der Waals surface area contributed by atoms with Crippen LogP contribution in [0.4, 0.5) is 19.0 Å². The summed E-state index contributed by atoms with van der Waals surface area (Å²) in [7, 11) is 0. The van der Waals surface area contributed by atoms with E-state index >= 15 is 0 Å². The number of pyridine rings is 1. The molecule has 0 unspecified atom stereocenters. The average Bonchev–Trinajstić information content (AvgIpc) is 2.85. The molecule has 1 aromatic heterocycles. The molecule has 138 valence electrons. The topological polar surface area (TPSA) is 62.4 Å². The first-order valence-corrected chi connectivity index (χ1v) is 8.65. The van der Waals surface area contributed by atoms with E-state index in [1.807, 2.05) is 29.2 Å². The maximum atomic E-state index is 12.9. The van der Waals surface area contributed by atoms with Gasteiger partial charge < -0.3 is 15.7 Å². The third-order valence-electron chi connectivity index (χ3n) is 5.77. The second kappa shape index (κ2) is 5.96. The first-order valence-electron chi connectivity index (χ1n) is 8.65. The Bertz CT molecular complexity index is 816. The highest BCUT2D eigenvalue weighted by Crippen LogP contribution is 2.50. The van der Waals surface area contributed by atoms with E-state index in [1.165, 1.54) is 6.07 Å². The Hall–Kier alpha value is -2.12. The van der Waals surface area contributed by atoms with Crippen LogP contribution in [0.5, 0.6) is 0 Å². The molecule has 7 heteroatoms. The van der Waals surface area contributed by atoms with Crippen molar-refractivity contribution < 1.29 is 18.3 Å². The molecular weight excluding hydrogens is 343 g/mol. The van der Waals surface area contributed by atoms with Gasteiger partial charge in [0.05, 0.1) is 12.1 Å². The number of halogens is 3. The van der Waals surface area contributed by atoms with Crippen LogP contribution in [-0.4, -0.2) is 29.3 Å². The Morgan fingerprint density at radius 3 is 2.46 bits per heavy atom. The number of aliphatic hydroxyl groups is 1. The van der Waals surface area contributed by atoms with Crippen molar-refractivity contribution in [2.45, 2.75) is 36.6 Å². The van der Waals surface area contributed by atoms with E-state index in [4.69, 9.17) is 5.73 Å². The molecule has 2 atom stereocenters. The van der Waals surface area contributed by atoms with Crippen molar-refractivity contribution in [3.05, 3.63) is 59.3 Å². The Morgan fingerprint density at radius 1 is 1.08 bits per heavy atom. The molecule has 2 heterocycles. The molecule has 4 nitrogen and oxygen atoms in total. The minimum absolute atomic E-state index is 0.319. The van der Waals surface area contributed by atoms with Gasteiger partial charge in [-0.3, -0.25) is 0 Å². The summed E-state index contributed by atoms with van der Waals surface area (Å²) in [6.45, 7) is 1.04. The quantitative estimate of drug-likeness (QED) is 0.818. The zero-order valence-electron chi connectivity index (χ0n) is 14.1. The van der Waals surface area contributed by atoms with Crippen LogP contribution >= 0.6 is 0 Å². The number of hydrogen-bond donors (Lipinski definition) is 2. The molecule has 1 fully saturated rings. The van der Waals surface area contributed by atoms with Crippen molar-refractivity contribution >= 4 is 5.82 Å². The lowest BCUT2D eigenvalue weighted by Gasteiger charge is -2.43. The highest BCUT2D eigenvalue weighted by Gasteiger charge is 2.51. The number of hydrogen-bond acceptors (Lipinski definition) is 4. The van der Waals surface area contributed by atoms with Crippen molar-refractivity contribution in [2.75, 3.05) is 18.0 Å². The minimum atomic E-state index is -4.46. The van der Waals surface area contributed by atoms with Crippen LogP contribution in [0.15, 0.2) is 42.5 Å². The molecule has 1 aromatic carbocycles. The van der Waals surface area contributed by atoms with Crippen LogP contribution in [0.2, 0.25) is 0 Å².